The quantitative estimate of drug-likeness (QED) is 0.102. The van der Waals surface area contributed by atoms with E-state index in [0.29, 0.717) is 106 Å². The average molecular weight is 2140 g/mol. The van der Waals surface area contributed by atoms with Crippen molar-refractivity contribution in [3.05, 3.63) is 0 Å². The molecule has 4 unspecified atom stereocenters. The number of phosphoric acid groups is 5. The van der Waals surface area contributed by atoms with Gasteiger partial charge in [-0.2, -0.15) is 0 Å². The van der Waals surface area contributed by atoms with Crippen LogP contribution < -0.4 is 0 Å². The Bertz CT molecular complexity index is 3070. The highest BCUT2D eigenvalue weighted by molar-refractivity contribution is 7.50. The summed E-state index contributed by atoms with van der Waals surface area (Å²) >= 11 is 0. The molecule has 0 aromatic rings. The van der Waals surface area contributed by atoms with Crippen molar-refractivity contribution in [1.82, 2.24) is 0 Å². The summed E-state index contributed by atoms with van der Waals surface area (Å²) in [6.07, 6.45) is 8.00. The zero-order valence-electron chi connectivity index (χ0n) is 91.1. The van der Waals surface area contributed by atoms with Crippen LogP contribution in [0.15, 0.2) is 0 Å². The second-order valence-corrected chi connectivity index (χ2v) is 61.4. The van der Waals surface area contributed by atoms with Gasteiger partial charge in [0, 0.05) is 38.5 Å². The Morgan fingerprint density at radius 2 is 0.356 bits per heavy atom. The van der Waals surface area contributed by atoms with Gasteiger partial charge in [0.25, 0.3) is 0 Å². The van der Waals surface area contributed by atoms with Crippen LogP contribution in [0.25, 0.3) is 0 Å². The van der Waals surface area contributed by atoms with Gasteiger partial charge >= 0.3 is 82.1 Å². The zero-order chi connectivity index (χ0) is 104. The lowest BCUT2D eigenvalue weighted by atomic mass is 9.99. The fourth-order valence-electron chi connectivity index (χ4n) is 10.4. The molecule has 0 radical (unpaired) electrons. The molecule has 45 heteroatoms. The van der Waals surface area contributed by atoms with Crippen molar-refractivity contribution in [2.75, 3.05) is 119 Å². The molecule has 0 N–H and O–H groups in total. The van der Waals surface area contributed by atoms with Crippen LogP contribution in [0.4, 0.5) is 0 Å². The molecular weight excluding hydrogens is 1950 g/mol. The average Bonchev–Trinajstić information content (AvgIpc) is 1.51. The molecule has 810 valence electrons. The van der Waals surface area contributed by atoms with Crippen molar-refractivity contribution in [1.29, 1.82) is 0 Å². The molecule has 0 amide bonds. The first-order chi connectivity index (χ1) is 61.2. The van der Waals surface area contributed by atoms with Gasteiger partial charge in [-0.25, -0.2) is 22.8 Å². The van der Waals surface area contributed by atoms with Crippen LogP contribution in [0.5, 0.6) is 0 Å². The van der Waals surface area contributed by atoms with Crippen molar-refractivity contribution < 1.29 is 159 Å². The molecule has 12 atom stereocenters. The summed E-state index contributed by atoms with van der Waals surface area (Å²) in [5, 5.41) is 0. The third kappa shape index (κ3) is 76.3. The molecule has 135 heavy (non-hydrogen) atoms. The van der Waals surface area contributed by atoms with Crippen LogP contribution in [-0.2, 0) is 159 Å². The molecule has 0 aromatic carbocycles. The summed E-state index contributed by atoms with van der Waals surface area (Å²) in [4.78, 5) is 0. The molecule has 10 aliphatic heterocycles. The largest absolute Gasteiger partial charge is 0.475 e. The maximum absolute atomic E-state index is 12.0. The smallest absolute Gasteiger partial charge is 0.312 e. The van der Waals surface area contributed by atoms with Gasteiger partial charge in [-0.1, -0.05) is 208 Å². The van der Waals surface area contributed by atoms with E-state index < -0.39 is 82.1 Å². The van der Waals surface area contributed by atoms with E-state index >= 15 is 0 Å². The van der Waals surface area contributed by atoms with Crippen LogP contribution in [0.1, 0.15) is 342 Å². The summed E-state index contributed by atoms with van der Waals surface area (Å²) in [5.74, 6) is 0. The normalized spacial score (nSPS) is 31.2. The van der Waals surface area contributed by atoms with E-state index in [9.17, 15) is 22.8 Å². The third-order valence-electron chi connectivity index (χ3n) is 16.3. The first-order valence-corrected chi connectivity index (χ1v) is 60.6. The van der Waals surface area contributed by atoms with Crippen LogP contribution >= 0.6 is 82.1 Å². The van der Waals surface area contributed by atoms with Crippen molar-refractivity contribution in [2.45, 2.75) is 415 Å². The molecule has 10 fully saturated rings. The molecule has 0 aliphatic carbocycles. The van der Waals surface area contributed by atoms with Crippen LogP contribution in [0, 0.1) is 54.1 Å². The Balaban J connectivity index is 0.000000751. The van der Waals surface area contributed by atoms with Crippen molar-refractivity contribution in [3.8, 4) is 0 Å². The van der Waals surface area contributed by atoms with Gasteiger partial charge in [-0.3, -0.25) is 67.9 Å². The Morgan fingerprint density at radius 1 is 0.200 bits per heavy atom. The van der Waals surface area contributed by atoms with Crippen molar-refractivity contribution in [3.63, 3.8) is 0 Å². The zero-order valence-corrected chi connectivity index (χ0v) is 100. The SMILES string of the molecule is CC(C)(C)COP1(=O)OCCCO1.CC(C)(C)COP1(=O)OCCO1.CC(C)(C)COP1OCCCO1.CC(C)(C)COP1OCCO1.CC1CC(C)OP(=O)(OCC(C)(C)C)O1.CC1CC(C)OP(OCC(C)(C)C)O1.C[C@@H]1C[C@@H](C)OP(=O)(OCC(C)(C)C)O1.C[C@@H]1C[C@@H](C)OP(OCC(C)(C)C)O1.C[C@H]1C[C@H](C)OP(=O)(OCC(C)(C)C)O1.C[C@H]1C[C@H](C)OP(OCC(C)(C)C)O1. The van der Waals surface area contributed by atoms with Crippen LogP contribution in [0.3, 0.4) is 0 Å². The maximum Gasteiger partial charge on any atom is 0.475 e. The lowest BCUT2D eigenvalue weighted by Gasteiger charge is -2.32. The molecule has 35 nitrogen and oxygen atoms in total. The van der Waals surface area contributed by atoms with E-state index in [1.807, 2.05) is 145 Å². The number of phosphoric ester groups is 5. The molecule has 0 saturated carbocycles. The standard InChI is InChI=1S/3C10H21O4P.3C10H21O3P.C8H17O4P.C8H17O3P.C7H15O4P.C7H15O3P/c3*1-8-6-9(2)14-15(11,13-8)12-7-10(3,4)5;3*1-8-6-9(2)13-14(12-8)11-7-10(3,4)5;1-8(2,3)7-12-13(9)10-5-4-6-11-13;1-8(2,3)7-11-12-9-5-4-6-10-12;1-7(2,3)6-11-12(8)9-4-5-10-12;1-7(2,3)6-10-11-8-4-5-9-11/h3*8-9H,6-7H2,1-5H3;3*8-9H,6-7H2,1-5H3;4-7H2,1-3H3;4-7H2,1-3H3;4-6H2,1-3H3;4-6H2,1-3H3/t2*8-,9-;;2*8-,9-;;;;;/m10.10...../s1. The van der Waals surface area contributed by atoms with E-state index in [1.165, 1.54) is 0 Å². The van der Waals surface area contributed by atoms with E-state index in [1.54, 1.807) is 0 Å². The van der Waals surface area contributed by atoms with E-state index in [4.69, 9.17) is 136 Å². The predicted molar refractivity (Wildman–Crippen MR) is 538 cm³/mol. The monoisotopic (exact) mass is 2140 g/mol. The van der Waals surface area contributed by atoms with Crippen LogP contribution in [-0.4, -0.2) is 192 Å². The minimum Gasteiger partial charge on any atom is -0.312 e. The van der Waals surface area contributed by atoms with Crippen LogP contribution in [0.2, 0.25) is 0 Å². The van der Waals surface area contributed by atoms with Gasteiger partial charge in [0.15, 0.2) is 0 Å². The summed E-state index contributed by atoms with van der Waals surface area (Å²) in [5.41, 5.74) is 0.686. The molecule has 10 rings (SSSR count). The number of hydrogen-bond donors (Lipinski definition) is 0. The highest BCUT2D eigenvalue weighted by Gasteiger charge is 2.43. The van der Waals surface area contributed by atoms with Crippen molar-refractivity contribution >= 4 is 82.1 Å². The summed E-state index contributed by atoms with van der Waals surface area (Å²) in [7, 11) is -21.7. The molecule has 10 heterocycles. The van der Waals surface area contributed by atoms with E-state index in [0.717, 1.165) is 64.6 Å². The lowest BCUT2D eigenvalue weighted by Crippen LogP contribution is -2.26. The minimum atomic E-state index is -3.32. The molecule has 10 aliphatic rings. The first-order valence-electron chi connectivity index (χ1n) is 47.8. The highest BCUT2D eigenvalue weighted by Crippen LogP contribution is 2.60. The lowest BCUT2D eigenvalue weighted by molar-refractivity contribution is -0.00706. The molecule has 10 saturated heterocycles. The second kappa shape index (κ2) is 62.7. The Labute approximate surface area is 824 Å². The highest BCUT2D eigenvalue weighted by atomic mass is 31.2. The Kier molecular flexibility index (Phi) is 62.7. The molecule has 0 bridgehead atoms. The van der Waals surface area contributed by atoms with Gasteiger partial charge in [-0.15, -0.1) is 0 Å². The summed E-state index contributed by atoms with van der Waals surface area (Å²) < 4.78 is 218. The molecule has 0 aromatic heterocycles. The fraction of sp³-hybridized carbons (Fsp3) is 1.00. The minimum absolute atomic E-state index is 0.0211. The summed E-state index contributed by atoms with van der Waals surface area (Å²) in [6.45, 7) is 95.6. The van der Waals surface area contributed by atoms with E-state index in [2.05, 4.69) is 145 Å². The number of rotatable bonds is 20. The van der Waals surface area contributed by atoms with Gasteiger partial charge < -0.3 is 67.9 Å². The Hall–Kier alpha value is 2.10. The Morgan fingerprint density at radius 3 is 0.548 bits per heavy atom. The maximum atomic E-state index is 12.0. The van der Waals surface area contributed by atoms with Gasteiger partial charge in [-0.05, 0) is 150 Å². The van der Waals surface area contributed by atoms with Gasteiger partial charge in [0.05, 0.1) is 192 Å². The van der Waals surface area contributed by atoms with Gasteiger partial charge in [0.2, 0.25) is 0 Å². The van der Waals surface area contributed by atoms with Gasteiger partial charge in [0.1, 0.15) is 0 Å². The topological polar surface area (TPSA) is 362 Å². The first kappa shape index (κ1) is 135. The molecule has 0 spiro atoms. The third-order valence-corrected chi connectivity index (χ3v) is 30.7. The summed E-state index contributed by atoms with van der Waals surface area (Å²) in [6, 6.07) is 0. The van der Waals surface area contributed by atoms with Crippen molar-refractivity contribution in [2.24, 2.45) is 54.1 Å². The molecular formula is C90H190O35P10. The fourth-order valence-corrected chi connectivity index (χ4v) is 25.2. The second-order valence-electron chi connectivity index (χ2n) is 47.5. The number of hydrogen-bond acceptors (Lipinski definition) is 35. The van der Waals surface area contributed by atoms with E-state index in [-0.39, 0.29) is 127 Å². The predicted octanol–water partition coefficient (Wildman–Crippen LogP) is 30.4.